The quantitative estimate of drug-likeness (QED) is 0.649. The normalized spacial score (nSPS) is 10.3. The third kappa shape index (κ3) is 7.83. The van der Waals surface area contributed by atoms with Crippen LogP contribution in [-0.4, -0.2) is 46.0 Å². The molecule has 0 aliphatic carbocycles. The van der Waals surface area contributed by atoms with Gasteiger partial charge in [-0.2, -0.15) is 0 Å². The van der Waals surface area contributed by atoms with Crippen LogP contribution in [0.2, 0.25) is 0 Å². The van der Waals surface area contributed by atoms with Crippen molar-refractivity contribution in [1.82, 2.24) is 0 Å². The van der Waals surface area contributed by atoms with Crippen LogP contribution in [0.3, 0.4) is 0 Å². The van der Waals surface area contributed by atoms with Crippen molar-refractivity contribution in [2.75, 3.05) is 27.4 Å². The van der Waals surface area contributed by atoms with Crippen LogP contribution in [-0.2, 0) is 17.7 Å². The first-order chi connectivity index (χ1) is 10.7. The second kappa shape index (κ2) is 13.6. The molecule has 0 aliphatic heterocycles. The SMILES string of the molecule is C=C[Si](OCC)OCC.C=Cc1ccccc1[Si](OC)OC. The van der Waals surface area contributed by atoms with E-state index in [1.54, 1.807) is 19.9 Å². The number of hydrogen-bond acceptors (Lipinski definition) is 4. The van der Waals surface area contributed by atoms with Crippen LogP contribution in [0, 0.1) is 0 Å². The number of rotatable bonds is 9. The molecule has 1 aromatic carbocycles. The summed E-state index contributed by atoms with van der Waals surface area (Å²) in [6.07, 6.45) is 1.82. The average Bonchev–Trinajstić information content (AvgIpc) is 2.57. The van der Waals surface area contributed by atoms with Crippen LogP contribution in [0.15, 0.2) is 43.1 Å². The molecule has 1 aromatic rings. The van der Waals surface area contributed by atoms with E-state index in [2.05, 4.69) is 13.2 Å². The van der Waals surface area contributed by atoms with E-state index in [1.807, 2.05) is 44.2 Å². The summed E-state index contributed by atoms with van der Waals surface area (Å²) in [7, 11) is 0.893. The summed E-state index contributed by atoms with van der Waals surface area (Å²) in [5.41, 5.74) is 2.83. The summed E-state index contributed by atoms with van der Waals surface area (Å²) >= 11 is 0. The minimum Gasteiger partial charge on any atom is -0.393 e. The summed E-state index contributed by atoms with van der Waals surface area (Å²) in [5.74, 6) is 0. The lowest BCUT2D eigenvalue weighted by Crippen LogP contribution is -2.36. The zero-order valence-corrected chi connectivity index (χ0v) is 15.9. The first-order valence-corrected chi connectivity index (χ1v) is 9.81. The predicted molar refractivity (Wildman–Crippen MR) is 95.1 cm³/mol. The van der Waals surface area contributed by atoms with Crippen molar-refractivity contribution in [3.05, 3.63) is 48.7 Å². The molecule has 0 aliphatic rings. The first kappa shape index (κ1) is 21.0. The molecule has 0 N–H and O–H groups in total. The Labute approximate surface area is 138 Å². The number of hydrogen-bond donors (Lipinski definition) is 0. The van der Waals surface area contributed by atoms with Gasteiger partial charge in [0.25, 0.3) is 0 Å². The molecule has 22 heavy (non-hydrogen) atoms. The summed E-state index contributed by atoms with van der Waals surface area (Å²) in [4.78, 5) is 0. The van der Waals surface area contributed by atoms with Crippen LogP contribution >= 0.6 is 0 Å². The molecule has 122 valence electrons. The topological polar surface area (TPSA) is 36.9 Å². The lowest BCUT2D eigenvalue weighted by atomic mass is 10.2. The third-order valence-electron chi connectivity index (χ3n) is 2.51. The fourth-order valence-electron chi connectivity index (χ4n) is 1.61. The van der Waals surface area contributed by atoms with Gasteiger partial charge in [-0.15, -0.1) is 6.58 Å². The molecule has 0 amide bonds. The van der Waals surface area contributed by atoms with Crippen molar-refractivity contribution in [3.8, 4) is 0 Å². The molecule has 0 saturated carbocycles. The Hall–Kier alpha value is -1.03. The van der Waals surface area contributed by atoms with Crippen LogP contribution in [0.4, 0.5) is 0 Å². The Morgan fingerprint density at radius 2 is 1.55 bits per heavy atom. The zero-order valence-electron chi connectivity index (χ0n) is 13.9. The highest BCUT2D eigenvalue weighted by Crippen LogP contribution is 2.00. The van der Waals surface area contributed by atoms with Gasteiger partial charge in [0.15, 0.2) is 0 Å². The van der Waals surface area contributed by atoms with Crippen LogP contribution < -0.4 is 5.19 Å². The van der Waals surface area contributed by atoms with Crippen molar-refractivity contribution in [1.29, 1.82) is 0 Å². The lowest BCUT2D eigenvalue weighted by Gasteiger charge is -2.11. The third-order valence-corrected chi connectivity index (χ3v) is 5.63. The van der Waals surface area contributed by atoms with Crippen LogP contribution in [0.25, 0.3) is 6.08 Å². The van der Waals surface area contributed by atoms with Crippen molar-refractivity contribution in [3.63, 3.8) is 0 Å². The summed E-state index contributed by atoms with van der Waals surface area (Å²) in [6.45, 7) is 12.7. The molecule has 0 fully saturated rings. The van der Waals surface area contributed by atoms with Gasteiger partial charge in [-0.25, -0.2) is 0 Å². The first-order valence-electron chi connectivity index (χ1n) is 7.10. The fraction of sp³-hybridized carbons (Fsp3) is 0.375. The molecule has 2 radical (unpaired) electrons. The molecule has 0 atom stereocenters. The van der Waals surface area contributed by atoms with Gasteiger partial charge >= 0.3 is 18.6 Å². The van der Waals surface area contributed by atoms with E-state index in [-0.39, 0.29) is 0 Å². The van der Waals surface area contributed by atoms with Gasteiger partial charge in [0.1, 0.15) is 0 Å². The molecule has 4 nitrogen and oxygen atoms in total. The smallest absolute Gasteiger partial charge is 0.393 e. The molecular formula is C16H26O4Si2. The van der Waals surface area contributed by atoms with E-state index in [4.69, 9.17) is 17.7 Å². The van der Waals surface area contributed by atoms with Gasteiger partial charge in [0, 0.05) is 32.6 Å². The highest BCUT2D eigenvalue weighted by molar-refractivity contribution is 6.62. The van der Waals surface area contributed by atoms with Gasteiger partial charge in [-0.05, 0) is 25.1 Å². The van der Waals surface area contributed by atoms with Gasteiger partial charge < -0.3 is 17.7 Å². The van der Waals surface area contributed by atoms with Gasteiger partial charge in [0.05, 0.1) is 0 Å². The number of benzene rings is 1. The van der Waals surface area contributed by atoms with E-state index < -0.39 is 18.6 Å². The van der Waals surface area contributed by atoms with Gasteiger partial charge in [-0.1, -0.05) is 36.9 Å². The Bertz CT molecular complexity index is 416. The molecule has 0 saturated heterocycles. The maximum atomic E-state index is 5.26. The molecule has 0 heterocycles. The maximum absolute atomic E-state index is 5.26. The molecule has 0 spiro atoms. The summed E-state index contributed by atoms with van der Waals surface area (Å²) in [6, 6.07) is 7.97. The minimum absolute atomic E-state index is 0.709. The largest absolute Gasteiger partial charge is 0.423 e. The van der Waals surface area contributed by atoms with Gasteiger partial charge in [-0.3, -0.25) is 0 Å². The van der Waals surface area contributed by atoms with Crippen molar-refractivity contribution in [2.45, 2.75) is 13.8 Å². The molecule has 0 bridgehead atoms. The summed E-state index contributed by atoms with van der Waals surface area (Å²) in [5, 5.41) is 1.10. The fourth-order valence-corrected chi connectivity index (χ4v) is 3.76. The highest BCUT2D eigenvalue weighted by atomic mass is 28.3. The van der Waals surface area contributed by atoms with Crippen molar-refractivity contribution in [2.24, 2.45) is 0 Å². The molecular weight excluding hydrogens is 312 g/mol. The predicted octanol–water partition coefficient (Wildman–Crippen LogP) is 2.59. The van der Waals surface area contributed by atoms with Crippen molar-refractivity contribution >= 4 is 29.8 Å². The van der Waals surface area contributed by atoms with E-state index in [0.717, 1.165) is 10.8 Å². The van der Waals surface area contributed by atoms with Crippen LogP contribution in [0.5, 0.6) is 0 Å². The Morgan fingerprint density at radius 1 is 1.00 bits per heavy atom. The summed E-state index contributed by atoms with van der Waals surface area (Å²) < 4.78 is 20.9. The van der Waals surface area contributed by atoms with Crippen LogP contribution in [0.1, 0.15) is 19.4 Å². The second-order valence-corrected chi connectivity index (χ2v) is 7.43. The zero-order chi connectivity index (χ0) is 16.8. The highest BCUT2D eigenvalue weighted by Gasteiger charge is 2.17. The molecule has 0 unspecified atom stereocenters. The Balaban J connectivity index is 0.000000433. The molecule has 6 heteroatoms. The maximum Gasteiger partial charge on any atom is 0.423 e. The van der Waals surface area contributed by atoms with E-state index in [0.29, 0.717) is 13.2 Å². The van der Waals surface area contributed by atoms with E-state index in [9.17, 15) is 0 Å². The molecule has 1 rings (SSSR count). The Kier molecular flexibility index (Phi) is 13.0. The van der Waals surface area contributed by atoms with E-state index in [1.165, 1.54) is 0 Å². The average molecular weight is 339 g/mol. The van der Waals surface area contributed by atoms with E-state index >= 15 is 0 Å². The molecule has 0 aromatic heterocycles. The lowest BCUT2D eigenvalue weighted by molar-refractivity contribution is 0.224. The Morgan fingerprint density at radius 3 is 1.95 bits per heavy atom. The van der Waals surface area contributed by atoms with Crippen molar-refractivity contribution < 1.29 is 17.7 Å². The second-order valence-electron chi connectivity index (χ2n) is 3.88. The van der Waals surface area contributed by atoms with Gasteiger partial charge in [0.2, 0.25) is 0 Å². The standard InChI is InChI=1S/C10H13O2Si.C6H13O2Si/c1-4-9-7-5-6-8-10(9)13(11-2)12-3;1-4-7-9(6-3)8-5-2/h4-8H,1H2,2-3H3;6H,3-5H2,1-2H3. The monoisotopic (exact) mass is 338 g/mol. The minimum atomic E-state index is -1.31.